The Labute approximate surface area is 164 Å². The Morgan fingerprint density at radius 2 is 1.89 bits per heavy atom. The first-order valence-electron chi connectivity index (χ1n) is 9.69. The van der Waals surface area contributed by atoms with Crippen molar-refractivity contribution in [3.63, 3.8) is 0 Å². The maximum Gasteiger partial charge on any atom is 0.241 e. The van der Waals surface area contributed by atoms with E-state index in [4.69, 9.17) is 5.53 Å². The first-order chi connectivity index (χ1) is 13.7. The molecule has 28 heavy (non-hydrogen) atoms. The second kappa shape index (κ2) is 7.93. The summed E-state index contributed by atoms with van der Waals surface area (Å²) in [5.74, 6) is 0.668. The third-order valence-electron chi connectivity index (χ3n) is 5.58. The highest BCUT2D eigenvalue weighted by Crippen LogP contribution is 2.33. The van der Waals surface area contributed by atoms with E-state index in [2.05, 4.69) is 31.1 Å². The number of rotatable bonds is 6. The standard InChI is InChI=1S/C20H26N8/c1-22-14-4-6-15(7-5-14)25-20-24-12-19-16(9-10-28(19)27-20)13-3-8-17(26-21)18(11-13)23-2/h3,8-12,14-15,21-23H,4-7H2,1-2H3,(H,25,27). The molecule has 8 heteroatoms. The molecule has 0 radical (unpaired) electrons. The van der Waals surface area contributed by atoms with Crippen molar-refractivity contribution in [2.24, 2.45) is 5.11 Å². The smallest absolute Gasteiger partial charge is 0.241 e. The van der Waals surface area contributed by atoms with Crippen molar-refractivity contribution in [1.82, 2.24) is 19.9 Å². The van der Waals surface area contributed by atoms with Crippen molar-refractivity contribution < 1.29 is 0 Å². The molecule has 1 aromatic carbocycles. The Balaban J connectivity index is 1.56. The lowest BCUT2D eigenvalue weighted by atomic mass is 9.91. The molecule has 0 unspecified atom stereocenters. The van der Waals surface area contributed by atoms with Crippen LogP contribution in [0.1, 0.15) is 25.7 Å². The summed E-state index contributed by atoms with van der Waals surface area (Å²) in [7, 11) is 3.87. The molecular formula is C20H26N8. The molecule has 1 aliphatic carbocycles. The Hall–Kier alpha value is -3.00. The second-order valence-corrected chi connectivity index (χ2v) is 7.22. The van der Waals surface area contributed by atoms with Gasteiger partial charge in [0.1, 0.15) is 5.69 Å². The molecule has 1 saturated carbocycles. The normalized spacial score (nSPS) is 19.5. The van der Waals surface area contributed by atoms with Crippen LogP contribution in [0.5, 0.6) is 0 Å². The fourth-order valence-corrected chi connectivity index (χ4v) is 3.92. The molecular weight excluding hydrogens is 352 g/mol. The molecule has 4 N–H and O–H groups in total. The predicted octanol–water partition coefficient (Wildman–Crippen LogP) is 4.04. The van der Waals surface area contributed by atoms with Crippen LogP contribution < -0.4 is 16.0 Å². The summed E-state index contributed by atoms with van der Waals surface area (Å²) in [6.45, 7) is 0. The van der Waals surface area contributed by atoms with Crippen molar-refractivity contribution in [2.75, 3.05) is 24.7 Å². The number of benzene rings is 1. The third-order valence-corrected chi connectivity index (χ3v) is 5.58. The number of hydrogen-bond donors (Lipinski definition) is 4. The van der Waals surface area contributed by atoms with Gasteiger partial charge in [-0.2, -0.15) is 5.11 Å². The summed E-state index contributed by atoms with van der Waals surface area (Å²) in [6.07, 6.45) is 8.44. The zero-order valence-electron chi connectivity index (χ0n) is 16.2. The van der Waals surface area contributed by atoms with E-state index < -0.39 is 0 Å². The van der Waals surface area contributed by atoms with E-state index in [1.165, 1.54) is 12.8 Å². The minimum Gasteiger partial charge on any atom is -0.386 e. The highest BCUT2D eigenvalue weighted by molar-refractivity contribution is 5.84. The van der Waals surface area contributed by atoms with E-state index in [9.17, 15) is 0 Å². The Morgan fingerprint density at radius 3 is 2.61 bits per heavy atom. The monoisotopic (exact) mass is 378 g/mol. The number of aromatic nitrogens is 3. The Morgan fingerprint density at radius 1 is 1.11 bits per heavy atom. The van der Waals surface area contributed by atoms with E-state index in [0.717, 1.165) is 35.2 Å². The van der Waals surface area contributed by atoms with Crippen LogP contribution in [0.3, 0.4) is 0 Å². The lowest BCUT2D eigenvalue weighted by Gasteiger charge is -2.28. The molecule has 0 spiro atoms. The summed E-state index contributed by atoms with van der Waals surface area (Å²) in [4.78, 5) is 4.55. The van der Waals surface area contributed by atoms with E-state index >= 15 is 0 Å². The first-order valence-corrected chi connectivity index (χ1v) is 9.69. The highest BCUT2D eigenvalue weighted by Gasteiger charge is 2.20. The summed E-state index contributed by atoms with van der Waals surface area (Å²) < 4.78 is 1.87. The van der Waals surface area contributed by atoms with Crippen molar-refractivity contribution in [2.45, 2.75) is 37.8 Å². The summed E-state index contributed by atoms with van der Waals surface area (Å²) in [5.41, 5.74) is 11.7. The van der Waals surface area contributed by atoms with Crippen LogP contribution in [-0.2, 0) is 0 Å². The number of anilines is 2. The zero-order valence-corrected chi connectivity index (χ0v) is 16.2. The van der Waals surface area contributed by atoms with E-state index in [1.54, 1.807) is 0 Å². The molecule has 146 valence electrons. The Bertz CT molecular complexity index is 971. The van der Waals surface area contributed by atoms with Crippen LogP contribution in [0.25, 0.3) is 16.6 Å². The van der Waals surface area contributed by atoms with Crippen LogP contribution in [0.15, 0.2) is 41.8 Å². The predicted molar refractivity (Wildman–Crippen MR) is 112 cm³/mol. The van der Waals surface area contributed by atoms with Gasteiger partial charge in [-0.05, 0) is 56.5 Å². The fraction of sp³-hybridized carbons (Fsp3) is 0.400. The summed E-state index contributed by atoms with van der Waals surface area (Å²) in [5, 5.41) is 18.1. The summed E-state index contributed by atoms with van der Waals surface area (Å²) >= 11 is 0. The molecule has 2 heterocycles. The van der Waals surface area contributed by atoms with Crippen LogP contribution in [0.2, 0.25) is 0 Å². The number of fused-ring (bicyclic) bond motifs is 1. The number of hydrogen-bond acceptors (Lipinski definition) is 7. The molecule has 3 aromatic rings. The molecule has 4 rings (SSSR count). The maximum absolute atomic E-state index is 7.27. The van der Waals surface area contributed by atoms with Gasteiger partial charge >= 0.3 is 0 Å². The van der Waals surface area contributed by atoms with Gasteiger partial charge in [-0.25, -0.2) is 15.0 Å². The van der Waals surface area contributed by atoms with Crippen molar-refractivity contribution in [1.29, 1.82) is 5.53 Å². The molecule has 1 aliphatic rings. The van der Waals surface area contributed by atoms with Gasteiger partial charge in [-0.1, -0.05) is 6.07 Å². The van der Waals surface area contributed by atoms with Gasteiger partial charge in [0, 0.05) is 30.9 Å². The molecule has 2 aromatic heterocycles. The average molecular weight is 378 g/mol. The number of nitrogens with zero attached hydrogens (tertiary/aromatic N) is 4. The quantitative estimate of drug-likeness (QED) is 0.485. The zero-order chi connectivity index (χ0) is 19.5. The first kappa shape index (κ1) is 18.4. The van der Waals surface area contributed by atoms with Gasteiger partial charge in [0.25, 0.3) is 0 Å². The van der Waals surface area contributed by atoms with Crippen LogP contribution >= 0.6 is 0 Å². The second-order valence-electron chi connectivity index (χ2n) is 7.22. The van der Waals surface area contributed by atoms with E-state index in [-0.39, 0.29) is 0 Å². The molecule has 0 bridgehead atoms. The number of nitrogens with one attached hydrogen (secondary N) is 4. The molecule has 0 amide bonds. The molecule has 0 aliphatic heterocycles. The van der Waals surface area contributed by atoms with Gasteiger partial charge in [0.15, 0.2) is 0 Å². The molecule has 0 atom stereocenters. The summed E-state index contributed by atoms with van der Waals surface area (Å²) in [6, 6.07) is 8.90. The largest absolute Gasteiger partial charge is 0.386 e. The topological polar surface area (TPSA) is 102 Å². The van der Waals surface area contributed by atoms with E-state index in [1.807, 2.05) is 55.3 Å². The lowest BCUT2D eigenvalue weighted by molar-refractivity contribution is 0.370. The van der Waals surface area contributed by atoms with E-state index in [0.29, 0.717) is 23.7 Å². The van der Waals surface area contributed by atoms with Gasteiger partial charge in [0.2, 0.25) is 5.95 Å². The average Bonchev–Trinajstić information content (AvgIpc) is 3.17. The minimum atomic E-state index is 0.427. The molecule has 0 saturated heterocycles. The van der Waals surface area contributed by atoms with Crippen molar-refractivity contribution >= 4 is 22.8 Å². The SMILES string of the molecule is CNc1cc(-c2ccn3nc(NC4CCC(NC)CC4)ncc23)ccc1N=N. The van der Waals surface area contributed by atoms with Crippen molar-refractivity contribution in [3.05, 3.63) is 36.7 Å². The van der Waals surface area contributed by atoms with Gasteiger partial charge in [-0.3, -0.25) is 0 Å². The highest BCUT2D eigenvalue weighted by atomic mass is 15.3. The van der Waals surface area contributed by atoms with Crippen LogP contribution in [0.4, 0.5) is 17.3 Å². The minimum absolute atomic E-state index is 0.427. The van der Waals surface area contributed by atoms with Gasteiger partial charge in [0.05, 0.1) is 17.4 Å². The van der Waals surface area contributed by atoms with Gasteiger partial charge < -0.3 is 16.0 Å². The molecule has 1 fully saturated rings. The van der Waals surface area contributed by atoms with Gasteiger partial charge in [-0.15, -0.1) is 5.10 Å². The van der Waals surface area contributed by atoms with Crippen LogP contribution in [-0.4, -0.2) is 40.8 Å². The lowest BCUT2D eigenvalue weighted by Crippen LogP contribution is -2.35. The Kier molecular flexibility index (Phi) is 5.21. The fourth-order valence-electron chi connectivity index (χ4n) is 3.92. The van der Waals surface area contributed by atoms with Crippen LogP contribution in [0, 0.1) is 5.53 Å². The van der Waals surface area contributed by atoms with Crippen molar-refractivity contribution in [3.8, 4) is 11.1 Å². The maximum atomic E-state index is 7.27. The molecule has 8 nitrogen and oxygen atoms in total. The third kappa shape index (κ3) is 3.55.